The second-order valence-corrected chi connectivity index (χ2v) is 3.99. The van der Waals surface area contributed by atoms with Gasteiger partial charge in [0.05, 0.1) is 24.7 Å². The van der Waals surface area contributed by atoms with Crippen molar-refractivity contribution in [2.75, 3.05) is 6.61 Å². The molecule has 2 heterocycles. The van der Waals surface area contributed by atoms with E-state index in [2.05, 4.69) is 16.3 Å². The summed E-state index contributed by atoms with van der Waals surface area (Å²) in [6.45, 7) is 4.50. The molecule has 0 saturated carbocycles. The molecule has 0 saturated heterocycles. The van der Waals surface area contributed by atoms with Gasteiger partial charge < -0.3 is 4.74 Å². The predicted octanol–water partition coefficient (Wildman–Crippen LogP) is 1.57. The van der Waals surface area contributed by atoms with E-state index in [1.54, 1.807) is 35.7 Å². The Hall–Kier alpha value is -2.29. The first kappa shape index (κ1) is 12.2. The molecule has 0 N–H and O–H groups in total. The molecule has 0 spiro atoms. The van der Waals surface area contributed by atoms with E-state index in [0.717, 1.165) is 6.42 Å². The van der Waals surface area contributed by atoms with Gasteiger partial charge in [-0.2, -0.15) is 15.5 Å². The number of nitriles is 1. The SMILES string of the molecule is CCCOc1cnn(-c2c(C#N)c(C)nn2C)c1. The molecule has 0 aliphatic rings. The van der Waals surface area contributed by atoms with Gasteiger partial charge in [-0.15, -0.1) is 0 Å². The zero-order valence-corrected chi connectivity index (χ0v) is 10.7. The Kier molecular flexibility index (Phi) is 3.33. The zero-order valence-electron chi connectivity index (χ0n) is 10.7. The Labute approximate surface area is 105 Å². The molecule has 94 valence electrons. The molecule has 0 aliphatic heterocycles. The van der Waals surface area contributed by atoms with E-state index in [4.69, 9.17) is 10.00 Å². The van der Waals surface area contributed by atoms with Crippen LogP contribution in [0.5, 0.6) is 5.75 Å². The highest BCUT2D eigenvalue weighted by Crippen LogP contribution is 2.19. The first-order chi connectivity index (χ1) is 8.67. The minimum atomic E-state index is 0.530. The quantitative estimate of drug-likeness (QED) is 0.820. The van der Waals surface area contributed by atoms with E-state index in [1.165, 1.54) is 0 Å². The van der Waals surface area contributed by atoms with Crippen LogP contribution in [0.15, 0.2) is 12.4 Å². The van der Waals surface area contributed by atoms with Crippen molar-refractivity contribution in [2.24, 2.45) is 7.05 Å². The number of hydrogen-bond donors (Lipinski definition) is 0. The third-order valence-corrected chi connectivity index (χ3v) is 2.55. The summed E-state index contributed by atoms with van der Waals surface area (Å²) in [6, 6.07) is 2.15. The first-order valence-electron chi connectivity index (χ1n) is 5.79. The standard InChI is InChI=1S/C12H15N5O/c1-4-5-18-10-7-14-17(8-10)12-11(6-13)9(2)15-16(12)3/h7-8H,4-5H2,1-3H3. The number of rotatable bonds is 4. The van der Waals surface area contributed by atoms with Crippen LogP contribution in [0.3, 0.4) is 0 Å². The van der Waals surface area contributed by atoms with E-state index in [-0.39, 0.29) is 0 Å². The molecule has 6 nitrogen and oxygen atoms in total. The van der Waals surface area contributed by atoms with Gasteiger partial charge in [0.25, 0.3) is 0 Å². The molecular weight excluding hydrogens is 230 g/mol. The second-order valence-electron chi connectivity index (χ2n) is 3.99. The van der Waals surface area contributed by atoms with Crippen LogP contribution >= 0.6 is 0 Å². The number of nitrogens with zero attached hydrogens (tertiary/aromatic N) is 5. The Morgan fingerprint density at radius 1 is 1.50 bits per heavy atom. The summed E-state index contributed by atoms with van der Waals surface area (Å²) >= 11 is 0. The molecule has 2 aromatic heterocycles. The fourth-order valence-corrected chi connectivity index (χ4v) is 1.76. The van der Waals surface area contributed by atoms with Gasteiger partial charge in [-0.1, -0.05) is 6.92 Å². The summed E-state index contributed by atoms with van der Waals surface area (Å²) in [5, 5.41) is 17.6. The Morgan fingerprint density at radius 2 is 2.28 bits per heavy atom. The van der Waals surface area contributed by atoms with E-state index >= 15 is 0 Å². The predicted molar refractivity (Wildman–Crippen MR) is 65.6 cm³/mol. The van der Waals surface area contributed by atoms with Crippen molar-refractivity contribution < 1.29 is 4.74 Å². The molecule has 0 amide bonds. The lowest BCUT2D eigenvalue weighted by molar-refractivity contribution is 0.317. The lowest BCUT2D eigenvalue weighted by Gasteiger charge is -2.02. The largest absolute Gasteiger partial charge is 0.490 e. The third kappa shape index (κ3) is 2.07. The summed E-state index contributed by atoms with van der Waals surface area (Å²) in [4.78, 5) is 0. The van der Waals surface area contributed by atoms with Crippen molar-refractivity contribution in [3.63, 3.8) is 0 Å². The van der Waals surface area contributed by atoms with E-state index in [1.807, 2.05) is 6.92 Å². The summed E-state index contributed by atoms with van der Waals surface area (Å²) in [7, 11) is 1.79. The maximum Gasteiger partial charge on any atom is 0.170 e. The number of aryl methyl sites for hydroxylation is 2. The molecular formula is C12H15N5O. The van der Waals surface area contributed by atoms with Gasteiger partial charge in [0.2, 0.25) is 0 Å². The molecule has 2 rings (SSSR count). The van der Waals surface area contributed by atoms with Crippen molar-refractivity contribution >= 4 is 0 Å². The van der Waals surface area contributed by atoms with Gasteiger partial charge in [0, 0.05) is 7.05 Å². The van der Waals surface area contributed by atoms with Crippen molar-refractivity contribution in [2.45, 2.75) is 20.3 Å². The highest BCUT2D eigenvalue weighted by Gasteiger charge is 2.15. The van der Waals surface area contributed by atoms with Crippen LogP contribution in [0.25, 0.3) is 5.82 Å². The minimum Gasteiger partial charge on any atom is -0.490 e. The molecule has 0 aromatic carbocycles. The molecule has 0 fully saturated rings. The average Bonchev–Trinajstić information content (AvgIpc) is 2.90. The minimum absolute atomic E-state index is 0.530. The monoisotopic (exact) mass is 245 g/mol. The summed E-state index contributed by atoms with van der Waals surface area (Å²) in [5.74, 6) is 1.35. The highest BCUT2D eigenvalue weighted by molar-refractivity contribution is 5.47. The summed E-state index contributed by atoms with van der Waals surface area (Å²) in [5.41, 5.74) is 1.23. The summed E-state index contributed by atoms with van der Waals surface area (Å²) < 4.78 is 8.74. The van der Waals surface area contributed by atoms with Crippen molar-refractivity contribution in [3.05, 3.63) is 23.7 Å². The molecule has 18 heavy (non-hydrogen) atoms. The van der Waals surface area contributed by atoms with E-state index < -0.39 is 0 Å². The van der Waals surface area contributed by atoms with Crippen molar-refractivity contribution in [1.82, 2.24) is 19.6 Å². The molecule has 2 aromatic rings. The smallest absolute Gasteiger partial charge is 0.170 e. The van der Waals surface area contributed by atoms with Crippen LogP contribution in [0.1, 0.15) is 24.6 Å². The van der Waals surface area contributed by atoms with Crippen molar-refractivity contribution in [3.8, 4) is 17.6 Å². The fourth-order valence-electron chi connectivity index (χ4n) is 1.76. The fraction of sp³-hybridized carbons (Fsp3) is 0.417. The molecule has 0 unspecified atom stereocenters. The van der Waals surface area contributed by atoms with Gasteiger partial charge in [0.15, 0.2) is 11.6 Å². The van der Waals surface area contributed by atoms with Crippen LogP contribution < -0.4 is 4.74 Å². The van der Waals surface area contributed by atoms with Crippen LogP contribution in [0, 0.1) is 18.3 Å². The third-order valence-electron chi connectivity index (χ3n) is 2.55. The number of aromatic nitrogens is 4. The zero-order chi connectivity index (χ0) is 13.1. The van der Waals surface area contributed by atoms with Crippen LogP contribution in [0.2, 0.25) is 0 Å². The normalized spacial score (nSPS) is 10.3. The molecule has 6 heteroatoms. The van der Waals surface area contributed by atoms with Crippen LogP contribution in [-0.4, -0.2) is 26.2 Å². The lowest BCUT2D eigenvalue weighted by atomic mass is 10.3. The Morgan fingerprint density at radius 3 is 2.94 bits per heavy atom. The number of ether oxygens (including phenoxy) is 1. The van der Waals surface area contributed by atoms with Crippen LogP contribution in [0.4, 0.5) is 0 Å². The topological polar surface area (TPSA) is 68.7 Å². The van der Waals surface area contributed by atoms with E-state index in [9.17, 15) is 0 Å². The maximum absolute atomic E-state index is 9.15. The number of hydrogen-bond acceptors (Lipinski definition) is 4. The molecule has 0 radical (unpaired) electrons. The first-order valence-corrected chi connectivity index (χ1v) is 5.79. The van der Waals surface area contributed by atoms with Crippen LogP contribution in [-0.2, 0) is 7.05 Å². The average molecular weight is 245 g/mol. The Bertz CT molecular complexity index is 590. The van der Waals surface area contributed by atoms with Crippen molar-refractivity contribution in [1.29, 1.82) is 5.26 Å². The highest BCUT2D eigenvalue weighted by atomic mass is 16.5. The lowest BCUT2D eigenvalue weighted by Crippen LogP contribution is -2.04. The second kappa shape index (κ2) is 4.92. The molecule has 0 aliphatic carbocycles. The Balaban J connectivity index is 2.37. The van der Waals surface area contributed by atoms with Gasteiger partial charge in [-0.3, -0.25) is 0 Å². The summed E-state index contributed by atoms with van der Waals surface area (Å²) in [6.07, 6.45) is 4.34. The molecule has 0 bridgehead atoms. The van der Waals surface area contributed by atoms with E-state index in [0.29, 0.717) is 29.4 Å². The van der Waals surface area contributed by atoms with Gasteiger partial charge in [0.1, 0.15) is 11.6 Å². The van der Waals surface area contributed by atoms with Gasteiger partial charge in [-0.25, -0.2) is 9.36 Å². The molecule has 0 atom stereocenters. The van der Waals surface area contributed by atoms with Gasteiger partial charge >= 0.3 is 0 Å². The van der Waals surface area contributed by atoms with Gasteiger partial charge in [-0.05, 0) is 13.3 Å². The maximum atomic E-state index is 9.15.